The number of imide groups is 1. The molecule has 0 radical (unpaired) electrons. The average Bonchev–Trinajstić information content (AvgIpc) is 3.30. The van der Waals surface area contributed by atoms with Gasteiger partial charge in [-0.1, -0.05) is 78.4 Å². The van der Waals surface area contributed by atoms with Crippen molar-refractivity contribution < 1.29 is 19.2 Å². The second-order valence-electron chi connectivity index (χ2n) is 11.8. The third-order valence-corrected chi connectivity index (χ3v) is 9.26. The zero-order valence-corrected chi connectivity index (χ0v) is 24.5. The van der Waals surface area contributed by atoms with Crippen LogP contribution in [0.4, 0.5) is 11.4 Å². The zero-order valence-electron chi connectivity index (χ0n) is 24.5. The van der Waals surface area contributed by atoms with Crippen LogP contribution in [0.1, 0.15) is 44.9 Å². The van der Waals surface area contributed by atoms with E-state index in [4.69, 9.17) is 0 Å². The molecule has 3 aliphatic carbocycles. The first-order chi connectivity index (χ1) is 21.2. The summed E-state index contributed by atoms with van der Waals surface area (Å²) in [4.78, 5) is 55.7. The molecule has 0 aromatic heterocycles. The van der Waals surface area contributed by atoms with Gasteiger partial charge in [-0.05, 0) is 72.4 Å². The fourth-order valence-electron chi connectivity index (χ4n) is 7.29. The average molecular weight is 583 g/mol. The number of rotatable bonds is 4. The summed E-state index contributed by atoms with van der Waals surface area (Å²) in [7, 11) is 0. The molecule has 1 aliphatic heterocycles. The summed E-state index contributed by atoms with van der Waals surface area (Å²) in [5.41, 5.74) is 8.68. The van der Waals surface area contributed by atoms with E-state index in [1.54, 1.807) is 24.4 Å². The molecule has 1 fully saturated rings. The molecular formula is C36H30N4O4. The number of nitrogens with zero attached hydrogens (tertiary/aromatic N) is 2. The van der Waals surface area contributed by atoms with Crippen LogP contribution in [0.3, 0.4) is 0 Å². The minimum Gasteiger partial charge on any atom is -0.317 e. The Labute approximate surface area is 254 Å². The highest BCUT2D eigenvalue weighted by Crippen LogP contribution is 2.63. The van der Waals surface area contributed by atoms with Crippen molar-refractivity contribution in [2.75, 3.05) is 10.2 Å². The molecule has 1 heterocycles. The molecule has 44 heavy (non-hydrogen) atoms. The van der Waals surface area contributed by atoms with Crippen LogP contribution in [0.2, 0.25) is 0 Å². The summed E-state index contributed by atoms with van der Waals surface area (Å²) < 4.78 is 0. The molecule has 0 saturated carbocycles. The highest BCUT2D eigenvalue weighted by molar-refractivity contribution is 6.39. The molecule has 2 bridgehead atoms. The summed E-state index contributed by atoms with van der Waals surface area (Å²) >= 11 is 0. The molecule has 8 heteroatoms. The third kappa shape index (κ3) is 3.94. The van der Waals surface area contributed by atoms with Gasteiger partial charge in [-0.2, -0.15) is 5.10 Å². The van der Waals surface area contributed by atoms with E-state index in [0.717, 1.165) is 38.9 Å². The largest absolute Gasteiger partial charge is 0.329 e. The number of hydrazone groups is 1. The Morgan fingerprint density at radius 1 is 0.773 bits per heavy atom. The van der Waals surface area contributed by atoms with E-state index in [9.17, 15) is 19.2 Å². The topological polar surface area (TPSA) is 108 Å². The van der Waals surface area contributed by atoms with Gasteiger partial charge < -0.3 is 5.32 Å². The molecule has 2 N–H and O–H groups in total. The van der Waals surface area contributed by atoms with E-state index < -0.39 is 29.1 Å². The van der Waals surface area contributed by atoms with E-state index in [0.29, 0.717) is 11.4 Å². The molecule has 0 spiro atoms. The van der Waals surface area contributed by atoms with Gasteiger partial charge >= 0.3 is 11.8 Å². The molecule has 4 aromatic rings. The van der Waals surface area contributed by atoms with Crippen molar-refractivity contribution in [3.05, 3.63) is 130 Å². The number of carbonyl (C=O) groups is 4. The molecule has 4 aromatic carbocycles. The summed E-state index contributed by atoms with van der Waals surface area (Å²) in [5.74, 6) is -4.16. The van der Waals surface area contributed by atoms with Gasteiger partial charge in [0.2, 0.25) is 11.8 Å². The predicted octanol–water partition coefficient (Wildman–Crippen LogP) is 4.90. The normalized spacial score (nSPS) is 22.9. The molecule has 8 rings (SSSR count). The maximum absolute atomic E-state index is 14.4. The number of amides is 4. The summed E-state index contributed by atoms with van der Waals surface area (Å²) in [6.07, 6.45) is 1.55. The monoisotopic (exact) mass is 582 g/mol. The fourth-order valence-corrected chi connectivity index (χ4v) is 7.29. The van der Waals surface area contributed by atoms with E-state index in [2.05, 4.69) is 15.8 Å². The lowest BCUT2D eigenvalue weighted by Gasteiger charge is -2.52. The molecule has 1 saturated heterocycles. The van der Waals surface area contributed by atoms with E-state index in [-0.39, 0.29) is 17.7 Å². The number of hydrogen-bond acceptors (Lipinski definition) is 5. The van der Waals surface area contributed by atoms with Gasteiger partial charge in [0.25, 0.3) is 0 Å². The van der Waals surface area contributed by atoms with Crippen molar-refractivity contribution in [2.24, 2.45) is 16.9 Å². The highest BCUT2D eigenvalue weighted by atomic mass is 16.2. The maximum Gasteiger partial charge on any atom is 0.329 e. The Morgan fingerprint density at radius 3 is 2.05 bits per heavy atom. The van der Waals surface area contributed by atoms with Gasteiger partial charge in [0.1, 0.15) is 0 Å². The summed E-state index contributed by atoms with van der Waals surface area (Å²) in [6, 6.07) is 28.5. The molecule has 4 amide bonds. The molecule has 8 nitrogen and oxygen atoms in total. The van der Waals surface area contributed by atoms with Crippen LogP contribution in [-0.4, -0.2) is 29.8 Å². The number of hydrogen-bond donors (Lipinski definition) is 2. The SMILES string of the molecule is Cc1ccc(N2C(=O)[C@@H]3C4c5ccccc5C(/C=N\NC(=O)C(=O)Nc5cc(C)ccc5C)(c5ccccc54)[C@H]3C2=O)cc1. The molecule has 4 aliphatic rings. The lowest BCUT2D eigenvalue weighted by molar-refractivity contribution is -0.136. The van der Waals surface area contributed by atoms with Gasteiger partial charge in [0.05, 0.1) is 22.9 Å². The maximum atomic E-state index is 14.4. The van der Waals surface area contributed by atoms with Crippen LogP contribution in [0, 0.1) is 32.6 Å². The smallest absolute Gasteiger partial charge is 0.317 e. The van der Waals surface area contributed by atoms with Crippen molar-refractivity contribution in [1.29, 1.82) is 0 Å². The quantitative estimate of drug-likeness (QED) is 0.154. The number of carbonyl (C=O) groups excluding carboxylic acids is 4. The highest BCUT2D eigenvalue weighted by Gasteiger charge is 2.68. The lowest BCUT2D eigenvalue weighted by Crippen LogP contribution is -2.54. The number of benzene rings is 4. The number of aryl methyl sites for hydroxylation is 3. The van der Waals surface area contributed by atoms with Crippen LogP contribution < -0.4 is 15.6 Å². The number of anilines is 2. The van der Waals surface area contributed by atoms with Crippen LogP contribution in [0.5, 0.6) is 0 Å². The Bertz CT molecular complexity index is 1860. The second kappa shape index (κ2) is 10.1. The zero-order chi connectivity index (χ0) is 30.7. The first-order valence-electron chi connectivity index (χ1n) is 14.6. The summed E-state index contributed by atoms with van der Waals surface area (Å²) in [5, 5.41) is 6.97. The minimum atomic E-state index is -1.16. The van der Waals surface area contributed by atoms with Crippen LogP contribution in [0.15, 0.2) is 96.1 Å². The van der Waals surface area contributed by atoms with Gasteiger partial charge in [-0.25, -0.2) is 10.3 Å². The van der Waals surface area contributed by atoms with E-state index in [1.165, 1.54) is 4.90 Å². The Morgan fingerprint density at radius 2 is 1.39 bits per heavy atom. The van der Waals surface area contributed by atoms with E-state index in [1.807, 2.05) is 93.6 Å². The van der Waals surface area contributed by atoms with E-state index >= 15 is 0 Å². The molecule has 218 valence electrons. The van der Waals surface area contributed by atoms with Gasteiger partial charge in [-0.15, -0.1) is 0 Å². The molecule has 0 unspecified atom stereocenters. The summed E-state index contributed by atoms with van der Waals surface area (Å²) in [6.45, 7) is 5.69. The van der Waals surface area contributed by atoms with Crippen molar-refractivity contribution in [3.8, 4) is 0 Å². The van der Waals surface area contributed by atoms with Crippen molar-refractivity contribution in [2.45, 2.75) is 32.1 Å². The lowest BCUT2D eigenvalue weighted by atomic mass is 9.47. The molecular weight excluding hydrogens is 552 g/mol. The Balaban J connectivity index is 1.30. The van der Waals surface area contributed by atoms with Crippen LogP contribution in [-0.2, 0) is 24.6 Å². The van der Waals surface area contributed by atoms with Crippen molar-refractivity contribution >= 4 is 41.2 Å². The first-order valence-corrected chi connectivity index (χ1v) is 14.6. The van der Waals surface area contributed by atoms with Gasteiger partial charge in [0.15, 0.2) is 0 Å². The van der Waals surface area contributed by atoms with Crippen molar-refractivity contribution in [1.82, 2.24) is 5.43 Å². The standard InChI is InChI=1S/C36H30N4O4/c1-20-13-16-23(17-14-20)40-34(43)30-29-24-8-4-6-10-26(24)36(31(30)35(40)44,27-11-7-5-9-25(27)29)19-37-39-33(42)32(41)38-28-18-21(2)12-15-22(28)3/h4-19,29-31H,1-3H3,(H,38,41)(H,39,42)/b37-19-/t29?,30-,31-,36?/m1/s1. The Hall–Kier alpha value is -5.37. The predicted molar refractivity (Wildman–Crippen MR) is 167 cm³/mol. The second-order valence-corrected chi connectivity index (χ2v) is 11.8. The number of nitrogens with one attached hydrogen (secondary N) is 2. The van der Waals surface area contributed by atoms with Crippen molar-refractivity contribution in [3.63, 3.8) is 0 Å². The third-order valence-electron chi connectivity index (χ3n) is 9.26. The first kappa shape index (κ1) is 27.5. The van der Waals surface area contributed by atoms with Gasteiger partial charge in [0, 0.05) is 17.8 Å². The minimum absolute atomic E-state index is 0.257. The molecule has 2 atom stereocenters. The van der Waals surface area contributed by atoms with Crippen LogP contribution >= 0.6 is 0 Å². The van der Waals surface area contributed by atoms with Gasteiger partial charge in [-0.3, -0.25) is 19.2 Å². The van der Waals surface area contributed by atoms with Crippen LogP contribution in [0.25, 0.3) is 0 Å². The fraction of sp³-hybridized carbons (Fsp3) is 0.194. The Kier molecular flexibility index (Phi) is 6.32.